The van der Waals surface area contributed by atoms with Gasteiger partial charge in [0, 0.05) is 0 Å². The van der Waals surface area contributed by atoms with Gasteiger partial charge in [-0.3, -0.25) is 0 Å². The first-order chi connectivity index (χ1) is 9.15. The Morgan fingerprint density at radius 2 is 1.95 bits per heavy atom. The van der Waals surface area contributed by atoms with E-state index in [0.717, 1.165) is 18.4 Å². The van der Waals surface area contributed by atoms with Crippen molar-refractivity contribution in [1.29, 1.82) is 0 Å². The van der Waals surface area contributed by atoms with Gasteiger partial charge in [0.05, 0.1) is 6.10 Å². The van der Waals surface area contributed by atoms with Gasteiger partial charge in [-0.2, -0.15) is 0 Å². The number of aliphatic hydroxyl groups excluding tert-OH is 1. The van der Waals surface area contributed by atoms with Crippen LogP contribution >= 0.6 is 0 Å². The Morgan fingerprint density at radius 1 is 1.16 bits per heavy atom. The molecule has 2 aromatic rings. The third-order valence-corrected chi connectivity index (χ3v) is 4.26. The average Bonchev–Trinajstić information content (AvgIpc) is 2.38. The zero-order valence-electron chi connectivity index (χ0n) is 11.6. The van der Waals surface area contributed by atoms with Gasteiger partial charge in [0.15, 0.2) is 0 Å². The molecule has 0 spiro atoms. The van der Waals surface area contributed by atoms with E-state index in [-0.39, 0.29) is 6.10 Å². The number of benzene rings is 2. The van der Waals surface area contributed by atoms with E-state index in [9.17, 15) is 5.11 Å². The minimum Gasteiger partial charge on any atom is -0.388 e. The number of fused-ring (bicyclic) bond motifs is 1. The zero-order chi connectivity index (χ0) is 13.4. The van der Waals surface area contributed by atoms with Crippen molar-refractivity contribution in [3.05, 3.63) is 70.3 Å². The van der Waals surface area contributed by atoms with Crippen molar-refractivity contribution in [1.82, 2.24) is 0 Å². The van der Waals surface area contributed by atoms with E-state index in [4.69, 9.17) is 0 Å². The molecule has 1 N–H and O–H groups in total. The van der Waals surface area contributed by atoms with Crippen LogP contribution in [-0.2, 0) is 6.42 Å². The monoisotopic (exact) mass is 252 g/mol. The Balaban J connectivity index is 1.76. The van der Waals surface area contributed by atoms with Crippen molar-refractivity contribution < 1.29 is 5.11 Å². The summed E-state index contributed by atoms with van der Waals surface area (Å²) in [5, 5.41) is 10.5. The Bertz CT molecular complexity index is 600. The van der Waals surface area contributed by atoms with Crippen molar-refractivity contribution in [2.24, 2.45) is 0 Å². The van der Waals surface area contributed by atoms with E-state index in [1.807, 2.05) is 0 Å². The van der Waals surface area contributed by atoms with Crippen LogP contribution in [0, 0.1) is 13.8 Å². The van der Waals surface area contributed by atoms with Crippen LogP contribution in [0.1, 0.15) is 46.3 Å². The molecule has 0 saturated carbocycles. The highest BCUT2D eigenvalue weighted by Gasteiger charge is 2.28. The Labute approximate surface area is 114 Å². The van der Waals surface area contributed by atoms with Crippen molar-refractivity contribution in [3.8, 4) is 0 Å². The van der Waals surface area contributed by atoms with Gasteiger partial charge in [-0.15, -0.1) is 0 Å². The van der Waals surface area contributed by atoms with Gasteiger partial charge in [-0.25, -0.2) is 0 Å². The molecule has 1 aliphatic rings. The molecular formula is C18H20O. The lowest BCUT2D eigenvalue weighted by molar-refractivity contribution is 0.153. The van der Waals surface area contributed by atoms with E-state index in [1.54, 1.807) is 0 Å². The van der Waals surface area contributed by atoms with Gasteiger partial charge in [-0.1, -0.05) is 48.0 Å². The van der Waals surface area contributed by atoms with Crippen LogP contribution < -0.4 is 0 Å². The molecule has 2 unspecified atom stereocenters. The Morgan fingerprint density at radius 3 is 2.74 bits per heavy atom. The van der Waals surface area contributed by atoms with Crippen LogP contribution in [0.3, 0.4) is 0 Å². The van der Waals surface area contributed by atoms with Gasteiger partial charge >= 0.3 is 0 Å². The van der Waals surface area contributed by atoms with E-state index in [2.05, 4.69) is 56.3 Å². The minimum absolute atomic E-state index is 0.349. The fraction of sp³-hybridized carbons (Fsp3) is 0.333. The molecule has 0 aromatic heterocycles. The first-order valence-corrected chi connectivity index (χ1v) is 6.98. The van der Waals surface area contributed by atoms with Crippen LogP contribution in [0.25, 0.3) is 0 Å². The molecule has 0 bridgehead atoms. The SMILES string of the molecule is Cc1ccc(C)c(C(O)CC2Cc3ccccc32)c1. The van der Waals surface area contributed by atoms with Crippen molar-refractivity contribution in [3.63, 3.8) is 0 Å². The number of aliphatic hydroxyl groups is 1. The predicted octanol–water partition coefficient (Wildman–Crippen LogP) is 4.07. The molecule has 1 nitrogen and oxygen atoms in total. The van der Waals surface area contributed by atoms with Crippen LogP contribution in [0.2, 0.25) is 0 Å². The lowest BCUT2D eigenvalue weighted by Crippen LogP contribution is -2.19. The number of rotatable bonds is 3. The summed E-state index contributed by atoms with van der Waals surface area (Å²) in [5.74, 6) is 0.520. The summed E-state index contributed by atoms with van der Waals surface area (Å²) in [5.41, 5.74) is 6.36. The summed E-state index contributed by atoms with van der Waals surface area (Å²) in [6.45, 7) is 4.15. The second kappa shape index (κ2) is 4.82. The highest BCUT2D eigenvalue weighted by atomic mass is 16.3. The third-order valence-electron chi connectivity index (χ3n) is 4.26. The molecular weight excluding hydrogens is 232 g/mol. The molecule has 2 aromatic carbocycles. The lowest BCUT2D eigenvalue weighted by Gasteiger charge is -2.32. The van der Waals surface area contributed by atoms with Crippen molar-refractivity contribution in [2.75, 3.05) is 0 Å². The van der Waals surface area contributed by atoms with Crippen LogP contribution in [0.4, 0.5) is 0 Å². The maximum atomic E-state index is 10.5. The molecule has 0 radical (unpaired) electrons. The van der Waals surface area contributed by atoms with E-state index >= 15 is 0 Å². The minimum atomic E-state index is -0.349. The van der Waals surface area contributed by atoms with Gasteiger partial charge < -0.3 is 5.11 Å². The second-order valence-corrected chi connectivity index (χ2v) is 5.71. The smallest absolute Gasteiger partial charge is 0.0798 e. The Hall–Kier alpha value is -1.60. The van der Waals surface area contributed by atoms with Crippen LogP contribution in [0.5, 0.6) is 0 Å². The van der Waals surface area contributed by atoms with Crippen molar-refractivity contribution >= 4 is 0 Å². The molecule has 0 amide bonds. The highest BCUT2D eigenvalue weighted by Crippen LogP contribution is 2.41. The summed E-state index contributed by atoms with van der Waals surface area (Å²) in [6.07, 6.45) is 1.60. The first kappa shape index (κ1) is 12.4. The maximum absolute atomic E-state index is 10.5. The van der Waals surface area contributed by atoms with Crippen LogP contribution in [-0.4, -0.2) is 5.11 Å². The first-order valence-electron chi connectivity index (χ1n) is 6.98. The standard InChI is InChI=1S/C18H20O/c1-12-7-8-13(2)17(9-12)18(19)11-15-10-14-5-3-4-6-16(14)15/h3-9,15,18-19H,10-11H2,1-2H3. The van der Waals surface area contributed by atoms with E-state index in [1.165, 1.54) is 22.3 Å². The summed E-state index contributed by atoms with van der Waals surface area (Å²) in [6, 6.07) is 14.9. The molecule has 98 valence electrons. The van der Waals surface area contributed by atoms with Crippen LogP contribution in [0.15, 0.2) is 42.5 Å². The zero-order valence-corrected chi connectivity index (χ0v) is 11.6. The average molecular weight is 252 g/mol. The molecule has 3 rings (SSSR count). The third kappa shape index (κ3) is 2.31. The quantitative estimate of drug-likeness (QED) is 0.873. The van der Waals surface area contributed by atoms with Gasteiger partial charge in [0.1, 0.15) is 0 Å². The second-order valence-electron chi connectivity index (χ2n) is 5.71. The predicted molar refractivity (Wildman–Crippen MR) is 78.4 cm³/mol. The molecule has 2 atom stereocenters. The highest BCUT2D eigenvalue weighted by molar-refractivity contribution is 5.40. The van der Waals surface area contributed by atoms with Crippen molar-refractivity contribution in [2.45, 2.75) is 38.7 Å². The molecule has 0 fully saturated rings. The summed E-state index contributed by atoms with van der Waals surface area (Å²) in [7, 11) is 0. The summed E-state index contributed by atoms with van der Waals surface area (Å²) in [4.78, 5) is 0. The van der Waals surface area contributed by atoms with Gasteiger partial charge in [0.2, 0.25) is 0 Å². The van der Waals surface area contributed by atoms with E-state index in [0.29, 0.717) is 5.92 Å². The number of hydrogen-bond acceptors (Lipinski definition) is 1. The largest absolute Gasteiger partial charge is 0.388 e. The number of aryl methyl sites for hydroxylation is 2. The molecule has 0 heterocycles. The fourth-order valence-electron chi connectivity index (χ4n) is 3.09. The topological polar surface area (TPSA) is 20.2 Å². The fourth-order valence-corrected chi connectivity index (χ4v) is 3.09. The molecule has 1 heteroatoms. The summed E-state index contributed by atoms with van der Waals surface area (Å²) >= 11 is 0. The Kier molecular flexibility index (Phi) is 3.16. The van der Waals surface area contributed by atoms with Gasteiger partial charge in [0.25, 0.3) is 0 Å². The van der Waals surface area contributed by atoms with E-state index < -0.39 is 0 Å². The molecule has 0 aliphatic heterocycles. The molecule has 0 saturated heterocycles. The lowest BCUT2D eigenvalue weighted by atomic mass is 9.74. The normalized spacial score (nSPS) is 18.6. The van der Waals surface area contributed by atoms with Gasteiger partial charge in [-0.05, 0) is 54.9 Å². The number of hydrogen-bond donors (Lipinski definition) is 1. The maximum Gasteiger partial charge on any atom is 0.0798 e. The summed E-state index contributed by atoms with van der Waals surface area (Å²) < 4.78 is 0. The molecule has 19 heavy (non-hydrogen) atoms. The molecule has 1 aliphatic carbocycles.